The van der Waals surface area contributed by atoms with Crippen molar-refractivity contribution in [3.05, 3.63) is 29.8 Å². The van der Waals surface area contributed by atoms with Crippen LogP contribution in [0.2, 0.25) is 0 Å². The van der Waals surface area contributed by atoms with Crippen LogP contribution in [-0.2, 0) is 0 Å². The molecule has 0 amide bonds. The Morgan fingerprint density at radius 3 is 2.72 bits per heavy atom. The van der Waals surface area contributed by atoms with Gasteiger partial charge in [0.2, 0.25) is 0 Å². The molecule has 0 radical (unpaired) electrons. The number of benzene rings is 1. The Morgan fingerprint density at radius 1 is 1.39 bits per heavy atom. The minimum absolute atomic E-state index is 0.337. The number of rotatable bonds is 5. The van der Waals surface area contributed by atoms with Crippen LogP contribution in [-0.4, -0.2) is 11.5 Å². The third-order valence-electron chi connectivity index (χ3n) is 2.28. The van der Waals surface area contributed by atoms with Gasteiger partial charge in [0.05, 0.1) is 6.10 Å². The fraction of sp³-hybridized carbons (Fsp3) is 0.385. The van der Waals surface area contributed by atoms with Gasteiger partial charge in [0.15, 0.2) is 0 Å². The van der Waals surface area contributed by atoms with Gasteiger partial charge in [-0.3, -0.25) is 0 Å². The zero-order chi connectivity index (χ0) is 13.6. The minimum atomic E-state index is -4.73. The van der Waals surface area contributed by atoms with Crippen molar-refractivity contribution < 1.29 is 23.0 Å². The van der Waals surface area contributed by atoms with Crippen molar-refractivity contribution in [1.82, 2.24) is 0 Å². The summed E-state index contributed by atoms with van der Waals surface area (Å²) in [5.74, 6) is 2.10. The molecule has 1 atom stereocenters. The molecule has 0 bridgehead atoms. The zero-order valence-electron chi connectivity index (χ0n) is 9.57. The average molecular weight is 258 g/mol. The van der Waals surface area contributed by atoms with Gasteiger partial charge in [0.25, 0.3) is 0 Å². The molecule has 2 nitrogen and oxygen atoms in total. The zero-order valence-corrected chi connectivity index (χ0v) is 9.57. The lowest BCUT2D eigenvalue weighted by molar-refractivity contribution is -0.274. The van der Waals surface area contributed by atoms with E-state index in [1.165, 1.54) is 18.2 Å². The molecular formula is C13H13F3O2. The number of hydrogen-bond donors (Lipinski definition) is 1. The van der Waals surface area contributed by atoms with E-state index in [9.17, 15) is 18.3 Å². The lowest BCUT2D eigenvalue weighted by atomic mass is 10.0. The van der Waals surface area contributed by atoms with Crippen molar-refractivity contribution >= 4 is 0 Å². The molecule has 0 aliphatic rings. The Hall–Kier alpha value is -1.67. The highest BCUT2D eigenvalue weighted by molar-refractivity contribution is 5.30. The lowest BCUT2D eigenvalue weighted by Crippen LogP contribution is -2.17. The number of ether oxygens (including phenoxy) is 1. The Morgan fingerprint density at radius 2 is 2.11 bits per heavy atom. The molecule has 0 aromatic heterocycles. The van der Waals surface area contributed by atoms with Crippen molar-refractivity contribution in [2.45, 2.75) is 31.7 Å². The van der Waals surface area contributed by atoms with E-state index < -0.39 is 12.5 Å². The van der Waals surface area contributed by atoms with Gasteiger partial charge in [0, 0.05) is 6.42 Å². The van der Waals surface area contributed by atoms with Crippen LogP contribution in [0.15, 0.2) is 24.3 Å². The number of alkyl halides is 3. The van der Waals surface area contributed by atoms with Gasteiger partial charge >= 0.3 is 6.36 Å². The number of hydrogen-bond acceptors (Lipinski definition) is 2. The Kier molecular flexibility index (Phi) is 5.05. The summed E-state index contributed by atoms with van der Waals surface area (Å²) >= 11 is 0. The molecular weight excluding hydrogens is 245 g/mol. The first kappa shape index (κ1) is 14.4. The second-order valence-corrected chi connectivity index (χ2v) is 3.73. The standard InChI is InChI=1S/C13H13F3O2/c1-2-3-4-8-12(17)10-6-5-7-11(9-10)18-13(14,15)16/h1,5-7,9,12,17H,3-4,8H2. The normalized spacial score (nSPS) is 12.8. The van der Waals surface area contributed by atoms with Crippen LogP contribution in [0.3, 0.4) is 0 Å². The van der Waals surface area contributed by atoms with E-state index in [1.54, 1.807) is 6.07 Å². The third-order valence-corrected chi connectivity index (χ3v) is 2.28. The monoisotopic (exact) mass is 258 g/mol. The molecule has 0 spiro atoms. The first-order valence-corrected chi connectivity index (χ1v) is 5.39. The first-order valence-electron chi connectivity index (χ1n) is 5.39. The lowest BCUT2D eigenvalue weighted by Gasteiger charge is -2.13. The van der Waals surface area contributed by atoms with Crippen molar-refractivity contribution in [2.24, 2.45) is 0 Å². The predicted octanol–water partition coefficient (Wildman–Crippen LogP) is 3.42. The largest absolute Gasteiger partial charge is 0.573 e. The van der Waals surface area contributed by atoms with Crippen molar-refractivity contribution in [3.8, 4) is 18.1 Å². The molecule has 1 N–H and O–H groups in total. The Balaban J connectivity index is 2.67. The van der Waals surface area contributed by atoms with Crippen LogP contribution in [0.1, 0.15) is 30.9 Å². The SMILES string of the molecule is C#CCCCC(O)c1cccc(OC(F)(F)F)c1. The van der Waals surface area contributed by atoms with E-state index in [4.69, 9.17) is 6.42 Å². The highest BCUT2D eigenvalue weighted by Gasteiger charge is 2.31. The van der Waals surface area contributed by atoms with Crippen LogP contribution in [0.5, 0.6) is 5.75 Å². The number of aliphatic hydroxyl groups is 1. The smallest absolute Gasteiger partial charge is 0.406 e. The minimum Gasteiger partial charge on any atom is -0.406 e. The second-order valence-electron chi connectivity index (χ2n) is 3.73. The summed E-state index contributed by atoms with van der Waals surface area (Å²) in [5.41, 5.74) is 0.383. The fourth-order valence-electron chi connectivity index (χ4n) is 1.48. The van der Waals surface area contributed by atoms with Crippen molar-refractivity contribution in [3.63, 3.8) is 0 Å². The quantitative estimate of drug-likeness (QED) is 0.647. The molecule has 0 heterocycles. The van der Waals surface area contributed by atoms with Gasteiger partial charge in [-0.05, 0) is 30.5 Å². The average Bonchev–Trinajstić information content (AvgIpc) is 2.27. The van der Waals surface area contributed by atoms with E-state index in [2.05, 4.69) is 10.7 Å². The number of aliphatic hydroxyl groups excluding tert-OH is 1. The molecule has 0 aliphatic carbocycles. The number of halogens is 3. The van der Waals surface area contributed by atoms with Crippen LogP contribution in [0, 0.1) is 12.3 Å². The van der Waals surface area contributed by atoms with Gasteiger partial charge in [-0.15, -0.1) is 25.5 Å². The molecule has 0 aliphatic heterocycles. The fourth-order valence-corrected chi connectivity index (χ4v) is 1.48. The van der Waals surface area contributed by atoms with Crippen molar-refractivity contribution in [2.75, 3.05) is 0 Å². The molecule has 18 heavy (non-hydrogen) atoms. The van der Waals surface area contributed by atoms with E-state index in [0.717, 1.165) is 0 Å². The third kappa shape index (κ3) is 5.11. The van der Waals surface area contributed by atoms with E-state index in [1.807, 2.05) is 0 Å². The molecule has 0 saturated heterocycles. The van der Waals surface area contributed by atoms with Crippen molar-refractivity contribution in [1.29, 1.82) is 0 Å². The molecule has 98 valence electrons. The van der Waals surface area contributed by atoms with E-state index >= 15 is 0 Å². The maximum absolute atomic E-state index is 12.0. The summed E-state index contributed by atoms with van der Waals surface area (Å²) in [7, 11) is 0. The summed E-state index contributed by atoms with van der Waals surface area (Å²) in [5, 5.41) is 9.76. The second kappa shape index (κ2) is 6.31. The highest BCUT2D eigenvalue weighted by Crippen LogP contribution is 2.27. The Bertz CT molecular complexity index is 421. The van der Waals surface area contributed by atoms with Crippen LogP contribution in [0.4, 0.5) is 13.2 Å². The summed E-state index contributed by atoms with van der Waals surface area (Å²) in [6, 6.07) is 5.31. The topological polar surface area (TPSA) is 29.5 Å². The Labute approximate surface area is 103 Å². The van der Waals surface area contributed by atoms with Crippen LogP contribution in [0.25, 0.3) is 0 Å². The molecule has 1 aromatic rings. The molecule has 1 rings (SSSR count). The molecule has 5 heteroatoms. The van der Waals surface area contributed by atoms with Crippen LogP contribution >= 0.6 is 0 Å². The highest BCUT2D eigenvalue weighted by atomic mass is 19.4. The number of unbranched alkanes of at least 4 members (excludes halogenated alkanes) is 1. The van der Waals surface area contributed by atoms with Gasteiger partial charge in [0.1, 0.15) is 5.75 Å². The summed E-state index contributed by atoms with van der Waals surface area (Å²) in [6.45, 7) is 0. The molecule has 0 fully saturated rings. The van der Waals surface area contributed by atoms with E-state index in [0.29, 0.717) is 24.8 Å². The van der Waals surface area contributed by atoms with Gasteiger partial charge in [-0.1, -0.05) is 12.1 Å². The number of terminal acetylenes is 1. The molecule has 0 saturated carbocycles. The summed E-state index contributed by atoms with van der Waals surface area (Å²) in [6.07, 6.45) is 1.04. The van der Waals surface area contributed by atoms with Crippen LogP contribution < -0.4 is 4.74 Å². The first-order chi connectivity index (χ1) is 8.42. The summed E-state index contributed by atoms with van der Waals surface area (Å²) < 4.78 is 39.8. The van der Waals surface area contributed by atoms with Gasteiger partial charge < -0.3 is 9.84 Å². The van der Waals surface area contributed by atoms with Gasteiger partial charge in [-0.2, -0.15) is 0 Å². The maximum atomic E-state index is 12.0. The maximum Gasteiger partial charge on any atom is 0.573 e. The van der Waals surface area contributed by atoms with E-state index in [-0.39, 0.29) is 5.75 Å². The predicted molar refractivity (Wildman–Crippen MR) is 60.8 cm³/mol. The summed E-state index contributed by atoms with van der Waals surface area (Å²) in [4.78, 5) is 0. The van der Waals surface area contributed by atoms with Gasteiger partial charge in [-0.25, -0.2) is 0 Å². The molecule has 1 aromatic carbocycles. The molecule has 1 unspecified atom stereocenters.